The number of hydrogen-bond donors (Lipinski definition) is 0. The molecular formula is C26H24O. The second-order valence-corrected chi connectivity index (χ2v) is 7.38. The lowest BCUT2D eigenvalue weighted by Gasteiger charge is -2.13. The van der Waals surface area contributed by atoms with Crippen LogP contribution in [-0.2, 0) is 12.8 Å². The van der Waals surface area contributed by atoms with Crippen LogP contribution in [0.2, 0.25) is 0 Å². The highest BCUT2D eigenvalue weighted by Crippen LogP contribution is 2.38. The molecule has 134 valence electrons. The van der Waals surface area contributed by atoms with Crippen LogP contribution in [0.4, 0.5) is 0 Å². The molecule has 1 heterocycles. The van der Waals surface area contributed by atoms with E-state index < -0.39 is 0 Å². The molecule has 0 saturated heterocycles. The van der Waals surface area contributed by atoms with Crippen molar-refractivity contribution in [2.45, 2.75) is 39.5 Å². The molecule has 4 rings (SSSR count). The zero-order chi connectivity index (χ0) is 18.8. The van der Waals surface area contributed by atoms with Crippen molar-refractivity contribution in [1.82, 2.24) is 0 Å². The fraction of sp³-hybridized carbons (Fsp3) is 0.231. The van der Waals surface area contributed by atoms with E-state index in [2.05, 4.69) is 68.3 Å². The van der Waals surface area contributed by atoms with Crippen LogP contribution in [0.15, 0.2) is 64.1 Å². The van der Waals surface area contributed by atoms with E-state index in [1.54, 1.807) is 0 Å². The number of allylic oxidation sites excluding steroid dienone is 3. The first-order valence-corrected chi connectivity index (χ1v) is 9.55. The predicted octanol–water partition coefficient (Wildman–Crippen LogP) is 6.82. The van der Waals surface area contributed by atoms with Gasteiger partial charge in [-0.05, 0) is 49.5 Å². The largest absolute Gasteiger partial charge is 0.460 e. The molecule has 1 aromatic heterocycles. The van der Waals surface area contributed by atoms with E-state index in [1.165, 1.54) is 38.8 Å². The average molecular weight is 352 g/mol. The lowest BCUT2D eigenvalue weighted by atomic mass is 9.89. The van der Waals surface area contributed by atoms with Gasteiger partial charge in [0.25, 0.3) is 0 Å². The van der Waals surface area contributed by atoms with Crippen LogP contribution in [0.3, 0.4) is 0 Å². The molecular weight excluding hydrogens is 328 g/mol. The summed E-state index contributed by atoms with van der Waals surface area (Å²) in [5.74, 6) is 3.97. The predicted molar refractivity (Wildman–Crippen MR) is 114 cm³/mol. The van der Waals surface area contributed by atoms with E-state index >= 15 is 0 Å². The minimum Gasteiger partial charge on any atom is -0.460 e. The van der Waals surface area contributed by atoms with Crippen molar-refractivity contribution in [3.05, 3.63) is 82.1 Å². The third kappa shape index (κ3) is 3.36. The Kier molecular flexibility index (Phi) is 4.73. The summed E-state index contributed by atoms with van der Waals surface area (Å²) in [7, 11) is 0. The molecule has 2 aromatic carbocycles. The Morgan fingerprint density at radius 2 is 1.89 bits per heavy atom. The molecule has 0 spiro atoms. The minimum atomic E-state index is 0.659. The van der Waals surface area contributed by atoms with E-state index in [0.29, 0.717) is 6.42 Å². The van der Waals surface area contributed by atoms with Gasteiger partial charge in [0.2, 0.25) is 0 Å². The van der Waals surface area contributed by atoms with E-state index in [4.69, 9.17) is 10.8 Å². The smallest absolute Gasteiger partial charge is 0.135 e. The number of rotatable bonds is 4. The Hall–Kier alpha value is -2.98. The fourth-order valence-electron chi connectivity index (χ4n) is 3.98. The van der Waals surface area contributed by atoms with Crippen LogP contribution in [0.1, 0.15) is 49.1 Å². The summed E-state index contributed by atoms with van der Waals surface area (Å²) in [5.41, 5.74) is 8.73. The minimum absolute atomic E-state index is 0.659. The second-order valence-electron chi connectivity index (χ2n) is 7.38. The molecule has 1 heteroatoms. The van der Waals surface area contributed by atoms with Gasteiger partial charge in [-0.15, -0.1) is 12.3 Å². The van der Waals surface area contributed by atoms with Crippen LogP contribution in [0, 0.1) is 12.3 Å². The van der Waals surface area contributed by atoms with Crippen molar-refractivity contribution in [2.75, 3.05) is 0 Å². The summed E-state index contributed by atoms with van der Waals surface area (Å²) in [6.07, 6.45) is 11.6. The van der Waals surface area contributed by atoms with Gasteiger partial charge < -0.3 is 4.42 Å². The van der Waals surface area contributed by atoms with Crippen LogP contribution < -0.4 is 0 Å². The number of benzene rings is 2. The van der Waals surface area contributed by atoms with Crippen LogP contribution >= 0.6 is 0 Å². The molecule has 1 aliphatic rings. The Morgan fingerprint density at radius 1 is 1.07 bits per heavy atom. The van der Waals surface area contributed by atoms with Gasteiger partial charge in [0.05, 0.1) is 0 Å². The fourth-order valence-corrected chi connectivity index (χ4v) is 3.98. The summed E-state index contributed by atoms with van der Waals surface area (Å²) < 4.78 is 6.18. The Bertz CT molecular complexity index is 1080. The summed E-state index contributed by atoms with van der Waals surface area (Å²) in [4.78, 5) is 0. The number of terminal acetylenes is 1. The highest BCUT2D eigenvalue weighted by molar-refractivity contribution is 5.98. The Morgan fingerprint density at radius 3 is 2.67 bits per heavy atom. The Balaban J connectivity index is 1.88. The van der Waals surface area contributed by atoms with Crippen molar-refractivity contribution in [3.8, 4) is 12.3 Å². The van der Waals surface area contributed by atoms with Gasteiger partial charge in [0.15, 0.2) is 0 Å². The van der Waals surface area contributed by atoms with Crippen LogP contribution in [0.25, 0.3) is 22.6 Å². The molecule has 1 aliphatic carbocycles. The highest BCUT2D eigenvalue weighted by Gasteiger charge is 2.20. The second kappa shape index (κ2) is 7.33. The third-order valence-corrected chi connectivity index (χ3v) is 5.48. The quantitative estimate of drug-likeness (QED) is 0.469. The number of fused-ring (bicyclic) bond motifs is 3. The Labute approximate surface area is 161 Å². The average Bonchev–Trinajstić information content (AvgIpc) is 3.06. The maximum Gasteiger partial charge on any atom is 0.135 e. The molecule has 0 fully saturated rings. The summed E-state index contributed by atoms with van der Waals surface area (Å²) in [6.45, 7) is 4.40. The third-order valence-electron chi connectivity index (χ3n) is 5.48. The van der Waals surface area contributed by atoms with Gasteiger partial charge in [0.1, 0.15) is 11.3 Å². The monoisotopic (exact) mass is 352 g/mol. The van der Waals surface area contributed by atoms with E-state index in [9.17, 15) is 0 Å². The van der Waals surface area contributed by atoms with Gasteiger partial charge in [-0.3, -0.25) is 0 Å². The summed E-state index contributed by atoms with van der Waals surface area (Å²) in [5, 5.41) is 1.23. The molecule has 1 nitrogen and oxygen atoms in total. The van der Waals surface area contributed by atoms with Crippen molar-refractivity contribution < 1.29 is 4.42 Å². The number of aryl methyl sites for hydroxylation is 1. The molecule has 3 aromatic rings. The van der Waals surface area contributed by atoms with E-state index in [-0.39, 0.29) is 0 Å². The number of hydrogen-bond acceptors (Lipinski definition) is 1. The van der Waals surface area contributed by atoms with Gasteiger partial charge in [-0.2, -0.15) is 0 Å². The van der Waals surface area contributed by atoms with Crippen LogP contribution in [0.5, 0.6) is 0 Å². The molecule has 0 radical (unpaired) electrons. The van der Waals surface area contributed by atoms with E-state index in [0.717, 1.165) is 30.6 Å². The van der Waals surface area contributed by atoms with Gasteiger partial charge in [-0.1, -0.05) is 59.7 Å². The lowest BCUT2D eigenvalue weighted by molar-refractivity contribution is 0.543. The molecule has 0 atom stereocenters. The summed E-state index contributed by atoms with van der Waals surface area (Å²) >= 11 is 0. The van der Waals surface area contributed by atoms with Gasteiger partial charge in [0, 0.05) is 23.8 Å². The lowest BCUT2D eigenvalue weighted by Crippen LogP contribution is -1.97. The number of furan rings is 1. The molecule has 27 heavy (non-hydrogen) atoms. The molecule has 0 bridgehead atoms. The maximum absolute atomic E-state index is 6.18. The van der Waals surface area contributed by atoms with E-state index in [1.807, 2.05) is 6.07 Å². The van der Waals surface area contributed by atoms with Crippen molar-refractivity contribution in [2.24, 2.45) is 0 Å². The van der Waals surface area contributed by atoms with Crippen molar-refractivity contribution in [3.63, 3.8) is 0 Å². The molecule has 0 aliphatic heterocycles. The highest BCUT2D eigenvalue weighted by atomic mass is 16.3. The zero-order valence-electron chi connectivity index (χ0n) is 16.0. The van der Waals surface area contributed by atoms with Gasteiger partial charge >= 0.3 is 0 Å². The van der Waals surface area contributed by atoms with Crippen LogP contribution in [-0.4, -0.2) is 0 Å². The normalized spacial score (nSPS) is 14.3. The topological polar surface area (TPSA) is 13.1 Å². The maximum atomic E-state index is 6.18. The first-order chi connectivity index (χ1) is 13.2. The SMILES string of the molecule is C#CC/C(Cc1ccccc1)=C(/C)c1cccc2oc3c(c12)C=C(C)CC3. The molecule has 0 unspecified atom stereocenters. The molecule has 0 saturated carbocycles. The standard InChI is InChI=1S/C26H24O/c1-4-9-21(17-20-10-6-5-7-11-20)19(3)22-12-8-13-25-26(22)23-16-18(2)14-15-24(23)27-25/h1,5-8,10-13,16H,9,14-15,17H2,2-3H3/b21-19+. The zero-order valence-corrected chi connectivity index (χ0v) is 16.0. The van der Waals surface area contributed by atoms with Crippen molar-refractivity contribution in [1.29, 1.82) is 0 Å². The molecule has 0 N–H and O–H groups in total. The molecule has 0 amide bonds. The van der Waals surface area contributed by atoms with Gasteiger partial charge in [-0.25, -0.2) is 0 Å². The first-order valence-electron chi connectivity index (χ1n) is 9.55. The van der Waals surface area contributed by atoms with Crippen molar-refractivity contribution >= 4 is 22.6 Å². The first kappa shape index (κ1) is 17.4. The summed E-state index contributed by atoms with van der Waals surface area (Å²) in [6, 6.07) is 16.9.